The molecule has 0 bridgehead atoms. The van der Waals surface area contributed by atoms with Crippen LogP contribution in [0, 0.1) is 5.92 Å². The number of nitrogens with zero attached hydrogens (tertiary/aromatic N) is 2. The van der Waals surface area contributed by atoms with E-state index in [0.29, 0.717) is 22.4 Å². The lowest BCUT2D eigenvalue weighted by Gasteiger charge is -2.08. The minimum absolute atomic E-state index is 0.448. The van der Waals surface area contributed by atoms with Crippen LogP contribution >= 0.6 is 11.6 Å². The first-order valence-electron chi connectivity index (χ1n) is 4.61. The van der Waals surface area contributed by atoms with E-state index in [1.807, 2.05) is 0 Å². The lowest BCUT2D eigenvalue weighted by Crippen LogP contribution is -2.08. The highest BCUT2D eigenvalue weighted by Gasteiger charge is 2.05. The third-order valence-electron chi connectivity index (χ3n) is 1.83. The molecule has 1 rings (SSSR count). The molecule has 0 fully saturated rings. The molecule has 4 nitrogen and oxygen atoms in total. The summed E-state index contributed by atoms with van der Waals surface area (Å²) in [7, 11) is 0. The number of rotatable bonds is 4. The van der Waals surface area contributed by atoms with Crippen LogP contribution in [0.15, 0.2) is 6.20 Å². The minimum Gasteiger partial charge on any atom is -0.396 e. The van der Waals surface area contributed by atoms with Gasteiger partial charge < -0.3 is 11.1 Å². The van der Waals surface area contributed by atoms with Crippen molar-refractivity contribution in [2.75, 3.05) is 17.6 Å². The lowest BCUT2D eigenvalue weighted by atomic mass is 10.1. The molecule has 3 N–H and O–H groups in total. The maximum atomic E-state index is 5.92. The molecule has 0 saturated heterocycles. The van der Waals surface area contributed by atoms with Gasteiger partial charge in [0.15, 0.2) is 5.82 Å². The van der Waals surface area contributed by atoms with Crippen LogP contribution in [0.2, 0.25) is 5.02 Å². The molecule has 0 saturated carbocycles. The van der Waals surface area contributed by atoms with Crippen LogP contribution in [-0.4, -0.2) is 16.7 Å². The number of nitrogens with one attached hydrogen (secondary N) is 1. The van der Waals surface area contributed by atoms with Gasteiger partial charge in [-0.2, -0.15) is 5.10 Å². The molecule has 0 aromatic carbocycles. The highest BCUT2D eigenvalue weighted by molar-refractivity contribution is 6.35. The molecule has 0 spiro atoms. The molecule has 1 aromatic rings. The SMILES string of the molecule is CC(C)CCNc1nncc(N)c1Cl. The van der Waals surface area contributed by atoms with E-state index in [9.17, 15) is 0 Å². The first-order valence-corrected chi connectivity index (χ1v) is 4.99. The summed E-state index contributed by atoms with van der Waals surface area (Å²) in [5, 5.41) is 11.1. The van der Waals surface area contributed by atoms with Crippen LogP contribution in [0.5, 0.6) is 0 Å². The molecule has 0 aliphatic carbocycles. The minimum atomic E-state index is 0.448. The number of hydrogen-bond donors (Lipinski definition) is 2. The van der Waals surface area contributed by atoms with E-state index in [1.165, 1.54) is 6.20 Å². The van der Waals surface area contributed by atoms with Crippen molar-refractivity contribution in [2.45, 2.75) is 20.3 Å². The van der Waals surface area contributed by atoms with Gasteiger partial charge >= 0.3 is 0 Å². The predicted molar refractivity (Wildman–Crippen MR) is 59.4 cm³/mol. The topological polar surface area (TPSA) is 63.8 Å². The fourth-order valence-electron chi connectivity index (χ4n) is 0.978. The quantitative estimate of drug-likeness (QED) is 0.807. The maximum absolute atomic E-state index is 5.92. The number of hydrogen-bond acceptors (Lipinski definition) is 4. The first kappa shape index (κ1) is 11.0. The van der Waals surface area contributed by atoms with Gasteiger partial charge in [0.2, 0.25) is 0 Å². The Bertz CT molecular complexity index is 301. The summed E-state index contributed by atoms with van der Waals surface area (Å²) < 4.78 is 0. The summed E-state index contributed by atoms with van der Waals surface area (Å²) in [5.41, 5.74) is 6.03. The molecule has 1 aromatic heterocycles. The third-order valence-corrected chi connectivity index (χ3v) is 2.23. The van der Waals surface area contributed by atoms with Crippen LogP contribution in [0.25, 0.3) is 0 Å². The molecule has 0 atom stereocenters. The van der Waals surface area contributed by atoms with Crippen molar-refractivity contribution in [2.24, 2.45) is 5.92 Å². The van der Waals surface area contributed by atoms with Crippen LogP contribution in [0.4, 0.5) is 11.5 Å². The monoisotopic (exact) mass is 214 g/mol. The van der Waals surface area contributed by atoms with E-state index in [4.69, 9.17) is 17.3 Å². The van der Waals surface area contributed by atoms with Gasteiger partial charge in [-0.25, -0.2) is 0 Å². The molecule has 14 heavy (non-hydrogen) atoms. The van der Waals surface area contributed by atoms with Gasteiger partial charge in [-0.1, -0.05) is 25.4 Å². The second-order valence-corrected chi connectivity index (χ2v) is 3.95. The summed E-state index contributed by atoms with van der Waals surface area (Å²) in [4.78, 5) is 0. The van der Waals surface area contributed by atoms with E-state index in [-0.39, 0.29) is 0 Å². The molecule has 0 unspecified atom stereocenters. The molecular formula is C9H15ClN4. The standard InChI is InChI=1S/C9H15ClN4/c1-6(2)3-4-12-9-8(10)7(11)5-13-14-9/h5-6H,3-4H2,1-2H3,(H3,11,12,14). The summed E-state index contributed by atoms with van der Waals surface area (Å²) in [6, 6.07) is 0. The van der Waals surface area contributed by atoms with Gasteiger partial charge in [0.25, 0.3) is 0 Å². The van der Waals surface area contributed by atoms with E-state index in [1.54, 1.807) is 0 Å². The Morgan fingerprint density at radius 2 is 2.29 bits per heavy atom. The number of aromatic nitrogens is 2. The Balaban J connectivity index is 2.54. The van der Waals surface area contributed by atoms with E-state index >= 15 is 0 Å². The second-order valence-electron chi connectivity index (χ2n) is 3.57. The number of nitrogen functional groups attached to an aromatic ring is 1. The molecule has 5 heteroatoms. The summed E-state index contributed by atoms with van der Waals surface area (Å²) in [6.45, 7) is 5.15. The zero-order chi connectivity index (χ0) is 10.6. The van der Waals surface area contributed by atoms with Crippen LogP contribution in [0.1, 0.15) is 20.3 Å². The number of halogens is 1. The van der Waals surface area contributed by atoms with Crippen molar-refractivity contribution in [1.82, 2.24) is 10.2 Å². The highest BCUT2D eigenvalue weighted by atomic mass is 35.5. The Kier molecular flexibility index (Phi) is 3.95. The van der Waals surface area contributed by atoms with Gasteiger partial charge in [-0.15, -0.1) is 5.10 Å². The van der Waals surface area contributed by atoms with Crippen molar-refractivity contribution in [3.8, 4) is 0 Å². The Morgan fingerprint density at radius 1 is 1.57 bits per heavy atom. The molecule has 0 aliphatic heterocycles. The zero-order valence-corrected chi connectivity index (χ0v) is 9.17. The fourth-order valence-corrected chi connectivity index (χ4v) is 1.13. The van der Waals surface area contributed by atoms with Crippen LogP contribution in [-0.2, 0) is 0 Å². The van der Waals surface area contributed by atoms with E-state index in [2.05, 4.69) is 29.4 Å². The largest absolute Gasteiger partial charge is 0.396 e. The third kappa shape index (κ3) is 3.03. The average Bonchev–Trinajstić information content (AvgIpc) is 2.12. The van der Waals surface area contributed by atoms with Crippen LogP contribution < -0.4 is 11.1 Å². The zero-order valence-electron chi connectivity index (χ0n) is 8.42. The van der Waals surface area contributed by atoms with Crippen molar-refractivity contribution in [1.29, 1.82) is 0 Å². The molecule has 78 valence electrons. The van der Waals surface area contributed by atoms with Crippen molar-refractivity contribution >= 4 is 23.1 Å². The van der Waals surface area contributed by atoms with Gasteiger partial charge in [0, 0.05) is 6.54 Å². The van der Waals surface area contributed by atoms with E-state index < -0.39 is 0 Å². The predicted octanol–water partition coefficient (Wildman–Crippen LogP) is 2.17. The molecule has 0 amide bonds. The van der Waals surface area contributed by atoms with Crippen molar-refractivity contribution in [3.63, 3.8) is 0 Å². The fraction of sp³-hybridized carbons (Fsp3) is 0.556. The summed E-state index contributed by atoms with van der Waals surface area (Å²) >= 11 is 5.92. The van der Waals surface area contributed by atoms with Gasteiger partial charge in [0.1, 0.15) is 5.02 Å². The van der Waals surface area contributed by atoms with E-state index in [0.717, 1.165) is 13.0 Å². The Morgan fingerprint density at radius 3 is 2.93 bits per heavy atom. The van der Waals surface area contributed by atoms with Crippen molar-refractivity contribution in [3.05, 3.63) is 11.2 Å². The first-order chi connectivity index (χ1) is 6.61. The van der Waals surface area contributed by atoms with Crippen LogP contribution in [0.3, 0.4) is 0 Å². The Hall–Kier alpha value is -1.03. The molecule has 0 aliphatic rings. The average molecular weight is 215 g/mol. The van der Waals surface area contributed by atoms with Gasteiger partial charge in [-0.05, 0) is 12.3 Å². The summed E-state index contributed by atoms with van der Waals surface area (Å²) in [5.74, 6) is 1.21. The molecule has 0 radical (unpaired) electrons. The lowest BCUT2D eigenvalue weighted by molar-refractivity contribution is 0.606. The smallest absolute Gasteiger partial charge is 0.169 e. The molecule has 1 heterocycles. The second kappa shape index (κ2) is 5.00. The highest BCUT2D eigenvalue weighted by Crippen LogP contribution is 2.23. The molecular weight excluding hydrogens is 200 g/mol. The normalized spacial score (nSPS) is 10.6. The van der Waals surface area contributed by atoms with Gasteiger partial charge in [-0.3, -0.25) is 0 Å². The number of anilines is 2. The summed E-state index contributed by atoms with van der Waals surface area (Å²) in [6.07, 6.45) is 2.50. The maximum Gasteiger partial charge on any atom is 0.169 e. The van der Waals surface area contributed by atoms with Crippen molar-refractivity contribution < 1.29 is 0 Å². The van der Waals surface area contributed by atoms with Gasteiger partial charge in [0.05, 0.1) is 11.9 Å². The Labute approximate surface area is 88.9 Å². The number of nitrogens with two attached hydrogens (primary N) is 1.